The van der Waals surface area contributed by atoms with Gasteiger partial charge in [0.2, 0.25) is 0 Å². The molecular weight excluding hydrogens is 228 g/mol. The van der Waals surface area contributed by atoms with Gasteiger partial charge in [0, 0.05) is 0 Å². The van der Waals surface area contributed by atoms with E-state index in [2.05, 4.69) is 0 Å². The first kappa shape index (κ1) is 11.8. The van der Waals surface area contributed by atoms with Crippen LogP contribution in [0.15, 0.2) is 66.4 Å². The van der Waals surface area contributed by atoms with E-state index in [4.69, 9.17) is 0 Å². The molecule has 2 rings (SSSR count). The van der Waals surface area contributed by atoms with Crippen molar-refractivity contribution in [1.29, 1.82) is 0 Å². The maximum atomic E-state index is 10.1. The lowest BCUT2D eigenvalue weighted by atomic mass is 10.2. The molecule has 0 aromatic heterocycles. The summed E-state index contributed by atoms with van der Waals surface area (Å²) < 4.78 is 0. The molecule has 2 aromatic rings. The third kappa shape index (κ3) is 3.14. The SMILES string of the molecule is O[Si](O)(C=Cc1ccccc1)c1ccccc1. The van der Waals surface area contributed by atoms with Gasteiger partial charge in [0.25, 0.3) is 0 Å². The van der Waals surface area contributed by atoms with Gasteiger partial charge >= 0.3 is 8.56 Å². The lowest BCUT2D eigenvalue weighted by Crippen LogP contribution is -2.46. The second kappa shape index (κ2) is 5.10. The second-order valence-electron chi connectivity index (χ2n) is 3.84. The zero-order valence-corrected chi connectivity index (χ0v) is 10.3. The maximum absolute atomic E-state index is 10.1. The summed E-state index contributed by atoms with van der Waals surface area (Å²) in [6, 6.07) is 18.5. The van der Waals surface area contributed by atoms with Gasteiger partial charge in [-0.25, -0.2) is 0 Å². The Kier molecular flexibility index (Phi) is 3.54. The highest BCUT2D eigenvalue weighted by molar-refractivity contribution is 6.83. The standard InChI is InChI=1S/C14H14O2Si/c15-17(16,14-9-5-2-6-10-14)12-11-13-7-3-1-4-8-13/h1-12,15-16H. The Morgan fingerprint density at radius 1 is 0.765 bits per heavy atom. The summed E-state index contributed by atoms with van der Waals surface area (Å²) in [7, 11) is -3.44. The van der Waals surface area contributed by atoms with E-state index in [1.807, 2.05) is 36.4 Å². The van der Waals surface area contributed by atoms with Crippen LogP contribution in [0.4, 0.5) is 0 Å². The molecule has 0 heterocycles. The summed E-state index contributed by atoms with van der Waals surface area (Å²) in [5.74, 6) is 0. The Hall–Kier alpha value is -1.68. The van der Waals surface area contributed by atoms with Gasteiger partial charge in [0.1, 0.15) is 0 Å². The van der Waals surface area contributed by atoms with E-state index in [9.17, 15) is 9.59 Å². The topological polar surface area (TPSA) is 40.5 Å². The molecule has 2 nitrogen and oxygen atoms in total. The normalized spacial score (nSPS) is 11.9. The van der Waals surface area contributed by atoms with Crippen LogP contribution in [-0.4, -0.2) is 18.2 Å². The molecule has 0 spiro atoms. The number of benzene rings is 2. The van der Waals surface area contributed by atoms with Gasteiger partial charge in [-0.1, -0.05) is 66.7 Å². The van der Waals surface area contributed by atoms with Gasteiger partial charge < -0.3 is 9.59 Å². The molecule has 0 fully saturated rings. The van der Waals surface area contributed by atoms with Crippen molar-refractivity contribution in [1.82, 2.24) is 0 Å². The molecule has 0 unspecified atom stereocenters. The highest BCUT2D eigenvalue weighted by Gasteiger charge is 2.27. The van der Waals surface area contributed by atoms with Crippen LogP contribution in [0, 0.1) is 0 Å². The predicted molar refractivity (Wildman–Crippen MR) is 71.7 cm³/mol. The zero-order valence-electron chi connectivity index (χ0n) is 9.32. The van der Waals surface area contributed by atoms with Crippen LogP contribution >= 0.6 is 0 Å². The first-order chi connectivity index (χ1) is 8.18. The molecule has 0 saturated heterocycles. The summed E-state index contributed by atoms with van der Waals surface area (Å²) in [5.41, 5.74) is 2.47. The molecule has 0 saturated carbocycles. The van der Waals surface area contributed by atoms with E-state index in [0.717, 1.165) is 5.56 Å². The minimum absolute atomic E-state index is 0.590. The molecule has 86 valence electrons. The fourth-order valence-electron chi connectivity index (χ4n) is 1.56. The molecule has 0 aliphatic rings. The van der Waals surface area contributed by atoms with E-state index in [0.29, 0.717) is 5.19 Å². The molecule has 0 atom stereocenters. The molecule has 3 heteroatoms. The van der Waals surface area contributed by atoms with Gasteiger partial charge in [0.15, 0.2) is 0 Å². The van der Waals surface area contributed by atoms with Crippen LogP contribution in [0.25, 0.3) is 6.08 Å². The third-order valence-corrected chi connectivity index (χ3v) is 4.32. The number of rotatable bonds is 3. The molecule has 2 N–H and O–H groups in total. The molecule has 17 heavy (non-hydrogen) atoms. The number of hydrogen-bond donors (Lipinski definition) is 2. The van der Waals surface area contributed by atoms with Gasteiger partial charge in [-0.15, -0.1) is 0 Å². The van der Waals surface area contributed by atoms with E-state index in [1.54, 1.807) is 30.3 Å². The maximum Gasteiger partial charge on any atom is 0.394 e. The van der Waals surface area contributed by atoms with E-state index < -0.39 is 8.56 Å². The van der Waals surface area contributed by atoms with Crippen LogP contribution in [0.2, 0.25) is 0 Å². The van der Waals surface area contributed by atoms with Gasteiger partial charge in [-0.3, -0.25) is 0 Å². The quantitative estimate of drug-likeness (QED) is 0.802. The molecular formula is C14H14O2Si. The third-order valence-electron chi connectivity index (χ3n) is 2.51. The Morgan fingerprint density at radius 2 is 1.29 bits per heavy atom. The Labute approximate surface area is 102 Å². The van der Waals surface area contributed by atoms with Crippen LogP contribution in [-0.2, 0) is 0 Å². The Bertz CT molecular complexity index is 492. The summed E-state index contributed by atoms with van der Waals surface area (Å²) in [6.45, 7) is 0. The summed E-state index contributed by atoms with van der Waals surface area (Å²) >= 11 is 0. The Morgan fingerprint density at radius 3 is 1.88 bits per heavy atom. The van der Waals surface area contributed by atoms with Crippen molar-refractivity contribution in [2.24, 2.45) is 0 Å². The average molecular weight is 242 g/mol. The van der Waals surface area contributed by atoms with Crippen molar-refractivity contribution in [2.45, 2.75) is 0 Å². The predicted octanol–water partition coefficient (Wildman–Crippen LogP) is 1.57. The molecule has 0 aliphatic heterocycles. The minimum atomic E-state index is -3.44. The second-order valence-corrected chi connectivity index (χ2v) is 6.20. The van der Waals surface area contributed by atoms with Crippen LogP contribution in [0.5, 0.6) is 0 Å². The first-order valence-electron chi connectivity index (χ1n) is 5.43. The molecule has 0 radical (unpaired) electrons. The highest BCUT2D eigenvalue weighted by Crippen LogP contribution is 2.05. The largest absolute Gasteiger partial charge is 0.404 e. The summed E-state index contributed by atoms with van der Waals surface area (Å²) in [5, 5.41) is 0.590. The van der Waals surface area contributed by atoms with Crippen LogP contribution in [0.1, 0.15) is 5.56 Å². The first-order valence-corrected chi connectivity index (χ1v) is 7.40. The smallest absolute Gasteiger partial charge is 0.394 e. The van der Waals surface area contributed by atoms with E-state index >= 15 is 0 Å². The fourth-order valence-corrected chi connectivity index (χ4v) is 2.86. The minimum Gasteiger partial charge on any atom is -0.404 e. The molecule has 0 amide bonds. The lowest BCUT2D eigenvalue weighted by Gasteiger charge is -2.13. The lowest BCUT2D eigenvalue weighted by molar-refractivity contribution is 0.400. The molecule has 2 aromatic carbocycles. The van der Waals surface area contributed by atoms with E-state index in [-0.39, 0.29) is 0 Å². The van der Waals surface area contributed by atoms with Crippen molar-refractivity contribution in [3.8, 4) is 0 Å². The van der Waals surface area contributed by atoms with Crippen molar-refractivity contribution in [2.75, 3.05) is 0 Å². The highest BCUT2D eigenvalue weighted by atomic mass is 28.4. The van der Waals surface area contributed by atoms with Gasteiger partial charge in [0.05, 0.1) is 0 Å². The van der Waals surface area contributed by atoms with Crippen molar-refractivity contribution >= 4 is 19.8 Å². The monoisotopic (exact) mass is 242 g/mol. The zero-order chi connectivity index (χ0) is 12.1. The fraction of sp³-hybridized carbons (Fsp3) is 0. The molecule has 0 bridgehead atoms. The van der Waals surface area contributed by atoms with E-state index in [1.165, 1.54) is 5.70 Å². The van der Waals surface area contributed by atoms with Gasteiger partial charge in [-0.2, -0.15) is 0 Å². The average Bonchev–Trinajstić information content (AvgIpc) is 2.39. The van der Waals surface area contributed by atoms with Crippen molar-refractivity contribution < 1.29 is 9.59 Å². The van der Waals surface area contributed by atoms with Gasteiger partial charge in [-0.05, 0) is 16.4 Å². The molecule has 0 aliphatic carbocycles. The Balaban J connectivity index is 2.21. The van der Waals surface area contributed by atoms with Crippen molar-refractivity contribution in [3.05, 3.63) is 71.9 Å². The van der Waals surface area contributed by atoms with Crippen LogP contribution < -0.4 is 5.19 Å². The van der Waals surface area contributed by atoms with Crippen molar-refractivity contribution in [3.63, 3.8) is 0 Å². The summed E-state index contributed by atoms with van der Waals surface area (Å²) in [4.78, 5) is 20.1. The number of hydrogen-bond acceptors (Lipinski definition) is 2. The van der Waals surface area contributed by atoms with Crippen LogP contribution in [0.3, 0.4) is 0 Å². The summed E-state index contributed by atoms with van der Waals surface area (Å²) in [6.07, 6.45) is 1.75.